The van der Waals surface area contributed by atoms with E-state index >= 15 is 0 Å². The van der Waals surface area contributed by atoms with Crippen molar-refractivity contribution < 1.29 is 24.0 Å². The number of hydrogen-bond donors (Lipinski definition) is 3. The van der Waals surface area contributed by atoms with Crippen LogP contribution in [0.1, 0.15) is 73.8 Å². The van der Waals surface area contributed by atoms with Gasteiger partial charge in [0.15, 0.2) is 0 Å². The molecule has 0 aromatic heterocycles. The van der Waals surface area contributed by atoms with E-state index in [1.807, 2.05) is 85.7 Å². The fourth-order valence-corrected chi connectivity index (χ4v) is 5.64. The number of nitrogens with one attached hydrogen (secondary N) is 3. The maximum absolute atomic E-state index is 14.1. The first-order valence-electron chi connectivity index (χ1n) is 15.5. The van der Waals surface area contributed by atoms with Crippen LogP contribution in [-0.4, -0.2) is 83.6 Å². The molecule has 1 aromatic carbocycles. The summed E-state index contributed by atoms with van der Waals surface area (Å²) in [6.07, 6.45) is 0.922. The number of carbonyl (C=O) groups excluding carboxylic acids is 5. The van der Waals surface area contributed by atoms with Gasteiger partial charge in [0.1, 0.15) is 30.2 Å². The Morgan fingerprint density at radius 3 is 1.58 bits per heavy atom. The quantitative estimate of drug-likeness (QED) is 0.424. The van der Waals surface area contributed by atoms with E-state index in [0.717, 1.165) is 5.56 Å². The molecule has 0 unspecified atom stereocenters. The molecule has 1 aliphatic rings. The SMILES string of the molecule is CC(C)C[C@@H]1NC(=O)[C@H](C(C)C)NC(=O)[C@H](Cc2ccccc2)N(C)C(=O)[C@H](CC(C)C)NC(=O)[C@H](C(C)C)N(C)C1=O. The minimum Gasteiger partial charge on any atom is -0.342 e. The van der Waals surface area contributed by atoms with Gasteiger partial charge in [-0.05, 0) is 42.1 Å². The second-order valence-corrected chi connectivity index (χ2v) is 13.4. The van der Waals surface area contributed by atoms with E-state index in [1.54, 1.807) is 14.1 Å². The van der Waals surface area contributed by atoms with E-state index in [9.17, 15) is 24.0 Å². The molecule has 3 N–H and O–H groups in total. The van der Waals surface area contributed by atoms with Gasteiger partial charge in [-0.1, -0.05) is 85.7 Å². The fraction of sp³-hybridized carbons (Fsp3) is 0.667. The molecule has 240 valence electrons. The van der Waals surface area contributed by atoms with Crippen LogP contribution in [0.15, 0.2) is 30.3 Å². The second-order valence-electron chi connectivity index (χ2n) is 13.4. The number of amides is 5. The third kappa shape index (κ3) is 9.79. The summed E-state index contributed by atoms with van der Waals surface area (Å²) in [6.45, 7) is 15.2. The molecular weight excluding hydrogens is 546 g/mol. The van der Waals surface area contributed by atoms with Gasteiger partial charge in [0.25, 0.3) is 0 Å². The molecule has 0 aliphatic carbocycles. The van der Waals surface area contributed by atoms with E-state index < -0.39 is 59.7 Å². The molecule has 5 atom stereocenters. The highest BCUT2D eigenvalue weighted by molar-refractivity contribution is 5.98. The van der Waals surface area contributed by atoms with Gasteiger partial charge in [-0.2, -0.15) is 0 Å². The molecule has 0 saturated carbocycles. The Bertz CT molecular complexity index is 1120. The summed E-state index contributed by atoms with van der Waals surface area (Å²) in [5.41, 5.74) is 0.847. The van der Waals surface area contributed by atoms with E-state index in [1.165, 1.54) is 9.80 Å². The molecule has 0 bridgehead atoms. The number of rotatable bonds is 8. The summed E-state index contributed by atoms with van der Waals surface area (Å²) in [7, 11) is 3.12. The first-order chi connectivity index (χ1) is 20.0. The third-order valence-electron chi connectivity index (χ3n) is 7.94. The normalized spacial score (nSPS) is 25.2. The van der Waals surface area contributed by atoms with Gasteiger partial charge in [0, 0.05) is 20.5 Å². The van der Waals surface area contributed by atoms with Crippen molar-refractivity contribution in [2.24, 2.45) is 23.7 Å². The molecule has 1 saturated heterocycles. The lowest BCUT2D eigenvalue weighted by atomic mass is 9.96. The first kappa shape index (κ1) is 35.8. The van der Waals surface area contributed by atoms with Crippen molar-refractivity contribution in [3.8, 4) is 0 Å². The molecule has 0 spiro atoms. The van der Waals surface area contributed by atoms with Crippen LogP contribution in [-0.2, 0) is 30.4 Å². The summed E-state index contributed by atoms with van der Waals surface area (Å²) in [5.74, 6) is -2.67. The zero-order chi connectivity index (χ0) is 32.6. The molecule has 5 amide bonds. The van der Waals surface area contributed by atoms with Crippen molar-refractivity contribution >= 4 is 29.5 Å². The number of benzene rings is 1. The number of carbonyl (C=O) groups is 5. The molecule has 1 fully saturated rings. The first-order valence-corrected chi connectivity index (χ1v) is 15.5. The Balaban J connectivity index is 2.70. The molecule has 1 aliphatic heterocycles. The lowest BCUT2D eigenvalue weighted by Crippen LogP contribution is -2.59. The van der Waals surface area contributed by atoms with Crippen molar-refractivity contribution in [2.45, 2.75) is 105 Å². The maximum Gasteiger partial charge on any atom is 0.245 e. The molecule has 43 heavy (non-hydrogen) atoms. The largest absolute Gasteiger partial charge is 0.342 e. The monoisotopic (exact) mass is 599 g/mol. The van der Waals surface area contributed by atoms with Crippen molar-refractivity contribution in [3.05, 3.63) is 35.9 Å². The van der Waals surface area contributed by atoms with Gasteiger partial charge in [0.05, 0.1) is 0 Å². The van der Waals surface area contributed by atoms with Gasteiger partial charge in [0.2, 0.25) is 29.5 Å². The van der Waals surface area contributed by atoms with Gasteiger partial charge in [-0.25, -0.2) is 0 Å². The van der Waals surface area contributed by atoms with Crippen LogP contribution in [0.5, 0.6) is 0 Å². The zero-order valence-corrected chi connectivity index (χ0v) is 27.6. The van der Waals surface area contributed by atoms with Crippen molar-refractivity contribution in [3.63, 3.8) is 0 Å². The summed E-state index contributed by atoms with van der Waals surface area (Å²) in [6, 6.07) is 4.79. The van der Waals surface area contributed by atoms with Crippen LogP contribution < -0.4 is 16.0 Å². The van der Waals surface area contributed by atoms with Crippen LogP contribution in [0.25, 0.3) is 0 Å². The highest BCUT2D eigenvalue weighted by Gasteiger charge is 2.40. The smallest absolute Gasteiger partial charge is 0.245 e. The number of hydrogen-bond acceptors (Lipinski definition) is 5. The predicted molar refractivity (Wildman–Crippen MR) is 168 cm³/mol. The van der Waals surface area contributed by atoms with Crippen molar-refractivity contribution in [1.29, 1.82) is 0 Å². The van der Waals surface area contributed by atoms with Crippen molar-refractivity contribution in [1.82, 2.24) is 25.8 Å². The van der Waals surface area contributed by atoms with Crippen LogP contribution >= 0.6 is 0 Å². The van der Waals surface area contributed by atoms with E-state index in [2.05, 4.69) is 16.0 Å². The topological polar surface area (TPSA) is 128 Å². The van der Waals surface area contributed by atoms with E-state index in [0.29, 0.717) is 12.8 Å². The van der Waals surface area contributed by atoms with Gasteiger partial charge >= 0.3 is 0 Å². The molecule has 10 heteroatoms. The highest BCUT2D eigenvalue weighted by atomic mass is 16.2. The summed E-state index contributed by atoms with van der Waals surface area (Å²) in [4.78, 5) is 72.1. The summed E-state index contributed by atoms with van der Waals surface area (Å²) >= 11 is 0. The predicted octanol–water partition coefficient (Wildman–Crippen LogP) is 2.76. The average Bonchev–Trinajstić information content (AvgIpc) is 2.91. The Hall–Kier alpha value is -3.43. The van der Waals surface area contributed by atoms with Crippen LogP contribution in [0.3, 0.4) is 0 Å². The molecule has 0 radical (unpaired) electrons. The minimum atomic E-state index is -0.947. The van der Waals surface area contributed by atoms with Crippen LogP contribution in [0.4, 0.5) is 0 Å². The average molecular weight is 600 g/mol. The molecule has 10 nitrogen and oxygen atoms in total. The third-order valence-corrected chi connectivity index (χ3v) is 7.94. The number of nitrogens with zero attached hydrogens (tertiary/aromatic N) is 2. The minimum absolute atomic E-state index is 0.0607. The molecule has 1 heterocycles. The molecule has 1 aromatic rings. The Labute approximate surface area is 257 Å². The lowest BCUT2D eigenvalue weighted by molar-refractivity contribution is -0.145. The maximum atomic E-state index is 14.1. The Morgan fingerprint density at radius 1 is 0.628 bits per heavy atom. The molecular formula is C33H53N5O5. The number of likely N-dealkylation sites (N-methyl/N-ethyl adjacent to an activating group) is 2. The lowest BCUT2D eigenvalue weighted by Gasteiger charge is -2.35. The zero-order valence-electron chi connectivity index (χ0n) is 27.6. The van der Waals surface area contributed by atoms with Crippen LogP contribution in [0.2, 0.25) is 0 Å². The van der Waals surface area contributed by atoms with Crippen molar-refractivity contribution in [2.75, 3.05) is 14.1 Å². The standard InChI is InChI=1S/C33H53N5O5/c1-19(2)16-24-32(42)37(9)26(18-23-14-12-11-13-15-23)29(39)36-27(21(5)6)30(40)34-25(17-20(3)4)33(43)38(10)28(22(7)8)31(41)35-24/h11-15,19-22,24-28H,16-18H2,1-10H3,(H,34,40)(H,35,41)(H,36,39)/t24-,25-,26-,27-,28-/m0/s1. The fourth-order valence-electron chi connectivity index (χ4n) is 5.64. The van der Waals surface area contributed by atoms with Gasteiger partial charge in [-0.3, -0.25) is 24.0 Å². The summed E-state index contributed by atoms with van der Waals surface area (Å²) < 4.78 is 0. The Kier molecular flexibility index (Phi) is 13.2. The summed E-state index contributed by atoms with van der Waals surface area (Å²) in [5, 5.41) is 8.71. The molecule has 2 rings (SSSR count). The van der Waals surface area contributed by atoms with Gasteiger partial charge < -0.3 is 25.8 Å². The van der Waals surface area contributed by atoms with Crippen LogP contribution in [0, 0.1) is 23.7 Å². The van der Waals surface area contributed by atoms with E-state index in [-0.39, 0.29) is 30.1 Å². The Morgan fingerprint density at radius 2 is 1.12 bits per heavy atom. The van der Waals surface area contributed by atoms with E-state index in [4.69, 9.17) is 0 Å². The second kappa shape index (κ2) is 15.9. The van der Waals surface area contributed by atoms with Gasteiger partial charge in [-0.15, -0.1) is 0 Å². The highest BCUT2D eigenvalue weighted by Crippen LogP contribution is 2.19.